The summed E-state index contributed by atoms with van der Waals surface area (Å²) in [7, 11) is 5.01. The number of nitrogens with zero attached hydrogens (tertiary/aromatic N) is 4. The third-order valence-electron chi connectivity index (χ3n) is 6.17. The first kappa shape index (κ1) is 22.5. The van der Waals surface area contributed by atoms with Crippen LogP contribution in [0.2, 0.25) is 0 Å². The van der Waals surface area contributed by atoms with Crippen molar-refractivity contribution in [2.45, 2.75) is 20.4 Å². The van der Waals surface area contributed by atoms with Gasteiger partial charge in [0.05, 0.1) is 32.0 Å². The molecule has 0 unspecified atom stereocenters. The molecule has 2 aromatic carbocycles. The van der Waals surface area contributed by atoms with Crippen molar-refractivity contribution in [1.29, 1.82) is 0 Å². The number of hydrogen-bond donors (Lipinski definition) is 0. The molecule has 0 aliphatic heterocycles. The van der Waals surface area contributed by atoms with Crippen molar-refractivity contribution in [3.63, 3.8) is 0 Å². The van der Waals surface area contributed by atoms with Gasteiger partial charge < -0.3 is 13.9 Å². The van der Waals surface area contributed by atoms with E-state index in [0.29, 0.717) is 34.4 Å². The molecule has 0 amide bonds. The highest BCUT2D eigenvalue weighted by Gasteiger charge is 2.21. The number of aromatic nitrogens is 4. The van der Waals surface area contributed by atoms with Gasteiger partial charge in [-0.15, -0.1) is 0 Å². The van der Waals surface area contributed by atoms with Crippen molar-refractivity contribution in [3.05, 3.63) is 82.1 Å². The highest BCUT2D eigenvalue weighted by atomic mass is 16.5. The maximum atomic E-state index is 13.4. The van der Waals surface area contributed by atoms with Gasteiger partial charge in [0.1, 0.15) is 17.1 Å². The summed E-state index contributed by atoms with van der Waals surface area (Å²) in [6.45, 7) is 4.04. The Kier molecular flexibility index (Phi) is 5.64. The van der Waals surface area contributed by atoms with Gasteiger partial charge in [-0.25, -0.2) is 4.98 Å². The van der Waals surface area contributed by atoms with Crippen LogP contribution in [0.3, 0.4) is 0 Å². The maximum absolute atomic E-state index is 13.4. The number of rotatable bonds is 6. The van der Waals surface area contributed by atoms with Crippen molar-refractivity contribution in [2.75, 3.05) is 14.2 Å². The summed E-state index contributed by atoms with van der Waals surface area (Å²) < 4.78 is 20.4. The average Bonchev–Trinajstić information content (AvgIpc) is 3.38. The van der Waals surface area contributed by atoms with E-state index in [9.17, 15) is 4.79 Å². The van der Waals surface area contributed by atoms with Crippen LogP contribution < -0.4 is 15.0 Å². The minimum atomic E-state index is -0.137. The Morgan fingerprint density at radius 1 is 0.971 bits per heavy atom. The van der Waals surface area contributed by atoms with Gasteiger partial charge in [0.25, 0.3) is 5.56 Å². The van der Waals surface area contributed by atoms with Gasteiger partial charge in [-0.1, -0.05) is 36.4 Å². The number of para-hydroxylation sites is 1. The topological polar surface area (TPSA) is 84.3 Å². The van der Waals surface area contributed by atoms with E-state index in [0.717, 1.165) is 27.9 Å². The van der Waals surface area contributed by atoms with Gasteiger partial charge in [0.15, 0.2) is 11.5 Å². The quantitative estimate of drug-likeness (QED) is 0.356. The lowest BCUT2D eigenvalue weighted by molar-refractivity contribution is 0.355. The maximum Gasteiger partial charge on any atom is 0.253 e. The molecule has 35 heavy (non-hydrogen) atoms. The predicted octanol–water partition coefficient (Wildman–Crippen LogP) is 4.74. The zero-order valence-electron chi connectivity index (χ0n) is 20.3. The summed E-state index contributed by atoms with van der Waals surface area (Å²) >= 11 is 0. The number of hydrogen-bond acceptors (Lipinski definition) is 6. The molecule has 8 nitrogen and oxygen atoms in total. The van der Waals surface area contributed by atoms with Crippen molar-refractivity contribution in [1.82, 2.24) is 19.3 Å². The first-order valence-electron chi connectivity index (χ1n) is 11.2. The molecule has 0 saturated carbocycles. The smallest absolute Gasteiger partial charge is 0.253 e. The zero-order chi connectivity index (χ0) is 24.7. The molecule has 0 atom stereocenters. The molecule has 5 rings (SSSR count). The first-order chi connectivity index (χ1) is 16.9. The van der Waals surface area contributed by atoms with Gasteiger partial charge in [-0.3, -0.25) is 14.0 Å². The SMILES string of the molecule is COc1cccc(-c2nc(Cn3c(=O)cc(-c4ccccc4)c4c(C)nn(C)c43)c(C)o2)c1OC. The van der Waals surface area contributed by atoms with Crippen LogP contribution >= 0.6 is 0 Å². The standard InChI is InChI=1S/C27H26N4O4/c1-16-24-20(18-10-7-6-8-11-18)14-23(32)31(27(24)30(3)29-16)15-21-17(2)35-26(28-21)19-12-9-13-22(33-4)25(19)34-5/h6-14H,15H2,1-5H3. The zero-order valence-corrected chi connectivity index (χ0v) is 20.3. The predicted molar refractivity (Wildman–Crippen MR) is 134 cm³/mol. The molecule has 0 fully saturated rings. The molecule has 3 heterocycles. The lowest BCUT2D eigenvalue weighted by atomic mass is 10.0. The number of ether oxygens (including phenoxy) is 2. The fourth-order valence-electron chi connectivity index (χ4n) is 4.54. The van der Waals surface area contributed by atoms with Crippen LogP contribution in [0, 0.1) is 13.8 Å². The summed E-state index contributed by atoms with van der Waals surface area (Å²) in [5.74, 6) is 2.15. The van der Waals surface area contributed by atoms with Crippen molar-refractivity contribution >= 4 is 11.0 Å². The Bertz CT molecular complexity index is 1600. The van der Waals surface area contributed by atoms with Gasteiger partial charge in [0.2, 0.25) is 5.89 Å². The molecule has 3 aromatic heterocycles. The molecule has 0 saturated heterocycles. The highest BCUT2D eigenvalue weighted by Crippen LogP contribution is 2.38. The number of oxazole rings is 1. The van der Waals surface area contributed by atoms with Gasteiger partial charge in [0, 0.05) is 18.5 Å². The number of benzene rings is 2. The van der Waals surface area contributed by atoms with Crippen molar-refractivity contribution in [2.24, 2.45) is 7.05 Å². The second-order valence-corrected chi connectivity index (χ2v) is 8.32. The fraction of sp³-hybridized carbons (Fsp3) is 0.222. The summed E-state index contributed by atoms with van der Waals surface area (Å²) in [5, 5.41) is 5.56. The monoisotopic (exact) mass is 470 g/mol. The Balaban J connectivity index is 1.64. The molecular weight excluding hydrogens is 444 g/mol. The molecule has 0 spiro atoms. The van der Waals surface area contributed by atoms with Crippen LogP contribution in [-0.2, 0) is 13.6 Å². The molecule has 178 valence electrons. The van der Waals surface area contributed by atoms with Crippen LogP contribution in [0.4, 0.5) is 0 Å². The van der Waals surface area contributed by atoms with Gasteiger partial charge in [-0.05, 0) is 37.1 Å². The molecule has 0 bridgehead atoms. The van der Waals surface area contributed by atoms with Crippen LogP contribution in [0.15, 0.2) is 63.8 Å². The molecule has 0 N–H and O–H groups in total. The van der Waals surface area contributed by atoms with E-state index in [2.05, 4.69) is 5.10 Å². The summed E-state index contributed by atoms with van der Waals surface area (Å²) in [5.41, 5.74) is 4.62. The molecule has 0 aliphatic carbocycles. The molecule has 0 radical (unpaired) electrons. The minimum Gasteiger partial charge on any atom is -0.493 e. The van der Waals surface area contributed by atoms with Gasteiger partial charge in [-0.2, -0.15) is 5.10 Å². The van der Waals surface area contributed by atoms with Crippen molar-refractivity contribution < 1.29 is 13.9 Å². The number of methoxy groups -OCH3 is 2. The average molecular weight is 471 g/mol. The molecule has 8 heteroatoms. The highest BCUT2D eigenvalue weighted by molar-refractivity contribution is 5.95. The second kappa shape index (κ2) is 8.79. The third-order valence-corrected chi connectivity index (χ3v) is 6.17. The Morgan fingerprint density at radius 3 is 2.46 bits per heavy atom. The molecule has 5 aromatic rings. The lowest BCUT2D eigenvalue weighted by Crippen LogP contribution is -2.22. The first-order valence-corrected chi connectivity index (χ1v) is 11.2. The number of aryl methyl sites for hydroxylation is 3. The fourth-order valence-corrected chi connectivity index (χ4v) is 4.54. The second-order valence-electron chi connectivity index (χ2n) is 8.32. The molecular formula is C27H26N4O4. The summed E-state index contributed by atoms with van der Waals surface area (Å²) in [6.07, 6.45) is 0. The van der Waals surface area contributed by atoms with Crippen molar-refractivity contribution in [3.8, 4) is 34.1 Å². The lowest BCUT2D eigenvalue weighted by Gasteiger charge is -2.11. The third kappa shape index (κ3) is 3.77. The Morgan fingerprint density at radius 2 is 1.74 bits per heavy atom. The Hall–Kier alpha value is -4.33. The summed E-state index contributed by atoms with van der Waals surface area (Å²) in [4.78, 5) is 18.1. The van der Waals surface area contributed by atoms with Crippen LogP contribution in [-0.4, -0.2) is 33.6 Å². The van der Waals surface area contributed by atoms with Crippen LogP contribution in [0.25, 0.3) is 33.6 Å². The van der Waals surface area contributed by atoms with E-state index in [1.54, 1.807) is 29.5 Å². The molecule has 0 aliphatic rings. The number of pyridine rings is 1. The van der Waals surface area contributed by atoms with Gasteiger partial charge >= 0.3 is 0 Å². The van der Waals surface area contributed by atoms with E-state index in [1.165, 1.54) is 0 Å². The Labute approximate surface area is 202 Å². The van der Waals surface area contributed by atoms with E-state index in [1.807, 2.05) is 69.4 Å². The summed E-state index contributed by atoms with van der Waals surface area (Å²) in [6, 6.07) is 17.1. The normalized spacial score (nSPS) is 11.2. The van der Waals surface area contributed by atoms with E-state index >= 15 is 0 Å². The van der Waals surface area contributed by atoms with E-state index in [4.69, 9.17) is 18.9 Å². The van der Waals surface area contributed by atoms with Crippen LogP contribution in [0.5, 0.6) is 11.5 Å². The number of fused-ring (bicyclic) bond motifs is 1. The largest absolute Gasteiger partial charge is 0.493 e. The van der Waals surface area contributed by atoms with Crippen LogP contribution in [0.1, 0.15) is 17.1 Å². The van der Waals surface area contributed by atoms with E-state index < -0.39 is 0 Å². The van der Waals surface area contributed by atoms with E-state index in [-0.39, 0.29) is 12.1 Å². The minimum absolute atomic E-state index is 0.137.